The molecule has 1 unspecified atom stereocenters. The number of aryl methyl sites for hydroxylation is 1. The Balaban J connectivity index is 1.68. The third-order valence-electron chi connectivity index (χ3n) is 5.93. The largest absolute Gasteiger partial charge is 0.291 e. The number of halogens is 1. The molecule has 0 radical (unpaired) electrons. The second kappa shape index (κ2) is 7.80. The average Bonchev–Trinajstić information content (AvgIpc) is 3.09. The van der Waals surface area contributed by atoms with E-state index < -0.39 is 0 Å². The number of thiophene rings is 1. The van der Waals surface area contributed by atoms with Gasteiger partial charge in [0, 0.05) is 11.3 Å². The topological polar surface area (TPSA) is 34.9 Å². The van der Waals surface area contributed by atoms with Crippen LogP contribution in [-0.4, -0.2) is 9.55 Å². The minimum absolute atomic E-state index is 0.00208. The van der Waals surface area contributed by atoms with E-state index in [-0.39, 0.29) is 11.4 Å². The van der Waals surface area contributed by atoms with Crippen LogP contribution in [0.15, 0.2) is 59.4 Å². The van der Waals surface area contributed by atoms with Crippen molar-refractivity contribution in [2.24, 2.45) is 5.92 Å². The smallest absolute Gasteiger partial charge is 0.262 e. The number of benzene rings is 2. The Morgan fingerprint density at radius 3 is 2.73 bits per heavy atom. The molecular formula is C25H23FN2OS. The van der Waals surface area contributed by atoms with Crippen molar-refractivity contribution in [3.05, 3.63) is 98.2 Å². The van der Waals surface area contributed by atoms with Gasteiger partial charge in [0.25, 0.3) is 5.56 Å². The summed E-state index contributed by atoms with van der Waals surface area (Å²) >= 11 is 1.68. The summed E-state index contributed by atoms with van der Waals surface area (Å²) in [4.78, 5) is 20.8. The molecular weight excluding hydrogens is 395 g/mol. The number of rotatable bonds is 4. The summed E-state index contributed by atoms with van der Waals surface area (Å²) in [6, 6.07) is 16.5. The van der Waals surface area contributed by atoms with Crippen LogP contribution >= 0.6 is 11.3 Å². The lowest BCUT2D eigenvalue weighted by Gasteiger charge is -2.18. The summed E-state index contributed by atoms with van der Waals surface area (Å²) in [5, 5.41) is 0.773. The predicted molar refractivity (Wildman–Crippen MR) is 120 cm³/mol. The first kappa shape index (κ1) is 19.2. The molecule has 0 spiro atoms. The van der Waals surface area contributed by atoms with Gasteiger partial charge < -0.3 is 0 Å². The van der Waals surface area contributed by atoms with Crippen molar-refractivity contribution in [1.29, 1.82) is 0 Å². The predicted octanol–water partition coefficient (Wildman–Crippen LogP) is 5.36. The molecule has 0 fully saturated rings. The van der Waals surface area contributed by atoms with Crippen molar-refractivity contribution < 1.29 is 4.39 Å². The van der Waals surface area contributed by atoms with Gasteiger partial charge in [0.2, 0.25) is 0 Å². The van der Waals surface area contributed by atoms with Gasteiger partial charge in [0.1, 0.15) is 16.5 Å². The van der Waals surface area contributed by atoms with Crippen molar-refractivity contribution in [2.75, 3.05) is 0 Å². The summed E-state index contributed by atoms with van der Waals surface area (Å²) in [5.74, 6) is 1.08. The van der Waals surface area contributed by atoms with E-state index in [1.165, 1.54) is 22.6 Å². The molecule has 0 bridgehead atoms. The molecule has 2 aromatic carbocycles. The van der Waals surface area contributed by atoms with Crippen LogP contribution in [0.1, 0.15) is 40.7 Å². The maximum absolute atomic E-state index is 13.8. The third kappa shape index (κ3) is 3.58. The molecule has 1 aliphatic carbocycles. The van der Waals surface area contributed by atoms with E-state index in [9.17, 15) is 9.18 Å². The first-order chi connectivity index (χ1) is 14.6. The molecule has 152 valence electrons. The quantitative estimate of drug-likeness (QED) is 0.447. The van der Waals surface area contributed by atoms with Crippen LogP contribution in [0.4, 0.5) is 4.39 Å². The lowest BCUT2D eigenvalue weighted by molar-refractivity contribution is 0.509. The molecule has 1 aliphatic rings. The van der Waals surface area contributed by atoms with Crippen LogP contribution < -0.4 is 5.56 Å². The molecule has 5 heteroatoms. The molecule has 5 rings (SSSR count). The van der Waals surface area contributed by atoms with Gasteiger partial charge in [-0.05, 0) is 54.0 Å². The van der Waals surface area contributed by atoms with Crippen molar-refractivity contribution in [3.8, 4) is 0 Å². The van der Waals surface area contributed by atoms with Crippen molar-refractivity contribution in [3.63, 3.8) is 0 Å². The number of hydrogen-bond acceptors (Lipinski definition) is 3. The third-order valence-corrected chi connectivity index (χ3v) is 7.08. The van der Waals surface area contributed by atoms with Crippen LogP contribution in [0.5, 0.6) is 0 Å². The van der Waals surface area contributed by atoms with E-state index >= 15 is 0 Å². The molecule has 3 nitrogen and oxygen atoms in total. The van der Waals surface area contributed by atoms with E-state index in [0.29, 0.717) is 18.9 Å². The fraction of sp³-hybridized carbons (Fsp3) is 0.280. The number of hydrogen-bond donors (Lipinski definition) is 0. The summed E-state index contributed by atoms with van der Waals surface area (Å²) in [6.45, 7) is 2.59. The summed E-state index contributed by atoms with van der Waals surface area (Å²) in [6.07, 6.45) is 3.63. The Labute approximate surface area is 178 Å². The SMILES string of the molecule is CC1CCc2c(sc3nc(Cc4ccccc4)n(Cc4cccc(F)c4)c(=O)c23)C1. The first-order valence-electron chi connectivity index (χ1n) is 10.4. The maximum atomic E-state index is 13.8. The van der Waals surface area contributed by atoms with E-state index in [1.54, 1.807) is 22.0 Å². The number of nitrogens with zero attached hydrogens (tertiary/aromatic N) is 2. The van der Waals surface area contributed by atoms with Crippen molar-refractivity contribution in [2.45, 2.75) is 39.2 Å². The fourth-order valence-electron chi connectivity index (χ4n) is 4.36. The molecule has 0 N–H and O–H groups in total. The lowest BCUT2D eigenvalue weighted by atomic mass is 9.89. The van der Waals surface area contributed by atoms with E-state index in [0.717, 1.165) is 46.4 Å². The zero-order valence-corrected chi connectivity index (χ0v) is 17.7. The first-order valence-corrected chi connectivity index (χ1v) is 11.2. The maximum Gasteiger partial charge on any atom is 0.262 e. The van der Waals surface area contributed by atoms with Gasteiger partial charge in [-0.3, -0.25) is 9.36 Å². The fourth-order valence-corrected chi connectivity index (χ4v) is 5.75. The van der Waals surface area contributed by atoms with Crippen molar-refractivity contribution in [1.82, 2.24) is 9.55 Å². The Morgan fingerprint density at radius 1 is 1.13 bits per heavy atom. The van der Waals surface area contributed by atoms with Crippen LogP contribution in [0.25, 0.3) is 10.2 Å². The normalized spacial score (nSPS) is 16.0. The molecule has 2 aromatic heterocycles. The molecule has 0 amide bonds. The van der Waals surface area contributed by atoms with E-state index in [1.807, 2.05) is 36.4 Å². The molecule has 0 saturated carbocycles. The van der Waals surface area contributed by atoms with Crippen LogP contribution in [0.3, 0.4) is 0 Å². The van der Waals surface area contributed by atoms with Crippen LogP contribution in [0, 0.1) is 11.7 Å². The highest BCUT2D eigenvalue weighted by atomic mass is 32.1. The summed E-state index contributed by atoms with van der Waals surface area (Å²) < 4.78 is 15.5. The lowest BCUT2D eigenvalue weighted by Crippen LogP contribution is -2.26. The van der Waals surface area contributed by atoms with Gasteiger partial charge >= 0.3 is 0 Å². The van der Waals surface area contributed by atoms with Gasteiger partial charge in [-0.1, -0.05) is 49.4 Å². The van der Waals surface area contributed by atoms with E-state index in [2.05, 4.69) is 6.92 Å². The van der Waals surface area contributed by atoms with Gasteiger partial charge in [-0.2, -0.15) is 0 Å². The standard InChI is InChI=1S/C25H23FN2OS/c1-16-10-11-20-21(12-16)30-24-23(20)25(29)28(15-18-8-5-9-19(26)13-18)22(27-24)14-17-6-3-2-4-7-17/h2-9,13,16H,10-12,14-15H2,1H3. The van der Waals surface area contributed by atoms with E-state index in [4.69, 9.17) is 4.98 Å². The molecule has 30 heavy (non-hydrogen) atoms. The zero-order valence-electron chi connectivity index (χ0n) is 16.9. The monoisotopic (exact) mass is 418 g/mol. The second-order valence-corrected chi connectivity index (χ2v) is 9.33. The van der Waals surface area contributed by atoms with Gasteiger partial charge in [-0.15, -0.1) is 11.3 Å². The molecule has 4 aromatic rings. The highest BCUT2D eigenvalue weighted by Gasteiger charge is 2.24. The Kier molecular flexibility index (Phi) is 4.99. The second-order valence-electron chi connectivity index (χ2n) is 8.24. The van der Waals surface area contributed by atoms with Gasteiger partial charge in [0.15, 0.2) is 0 Å². The molecule has 0 aliphatic heterocycles. The molecule has 2 heterocycles. The average molecular weight is 419 g/mol. The van der Waals surface area contributed by atoms with Gasteiger partial charge in [-0.25, -0.2) is 9.37 Å². The number of fused-ring (bicyclic) bond motifs is 3. The minimum atomic E-state index is -0.291. The molecule has 0 saturated heterocycles. The number of aromatic nitrogens is 2. The van der Waals surface area contributed by atoms with Crippen LogP contribution in [-0.2, 0) is 25.8 Å². The van der Waals surface area contributed by atoms with Gasteiger partial charge in [0.05, 0.1) is 11.9 Å². The summed E-state index contributed by atoms with van der Waals surface area (Å²) in [5.41, 5.74) is 3.06. The molecule has 1 atom stereocenters. The Bertz CT molecular complexity index is 1280. The highest BCUT2D eigenvalue weighted by Crippen LogP contribution is 2.36. The Morgan fingerprint density at radius 2 is 1.93 bits per heavy atom. The van der Waals surface area contributed by atoms with Crippen molar-refractivity contribution >= 4 is 21.6 Å². The summed E-state index contributed by atoms with van der Waals surface area (Å²) in [7, 11) is 0. The Hall–Kier alpha value is -2.79. The zero-order chi connectivity index (χ0) is 20.7. The highest BCUT2D eigenvalue weighted by molar-refractivity contribution is 7.18. The van der Waals surface area contributed by atoms with Crippen LogP contribution in [0.2, 0.25) is 0 Å². The minimum Gasteiger partial charge on any atom is -0.291 e.